The van der Waals surface area contributed by atoms with Crippen LogP contribution in [0.15, 0.2) is 53.4 Å². The minimum absolute atomic E-state index is 0.269. The van der Waals surface area contributed by atoms with Crippen LogP contribution in [0, 0.1) is 0 Å². The lowest BCUT2D eigenvalue weighted by molar-refractivity contribution is 0.282. The quantitative estimate of drug-likeness (QED) is 0.260. The van der Waals surface area contributed by atoms with E-state index in [0.29, 0.717) is 4.90 Å². The van der Waals surface area contributed by atoms with Gasteiger partial charge in [0, 0.05) is 38.2 Å². The molecule has 5 nitrogen and oxygen atoms in total. The summed E-state index contributed by atoms with van der Waals surface area (Å²) in [5.74, 6) is 0. The summed E-state index contributed by atoms with van der Waals surface area (Å²) < 4.78 is 23.2. The van der Waals surface area contributed by atoms with E-state index < -0.39 is 9.84 Å². The van der Waals surface area contributed by atoms with Gasteiger partial charge in [0.1, 0.15) is 0 Å². The lowest BCUT2D eigenvalue weighted by Crippen LogP contribution is -2.25. The van der Waals surface area contributed by atoms with E-state index in [1.54, 1.807) is 12.1 Å². The largest absolute Gasteiger partial charge is 0.396 e. The van der Waals surface area contributed by atoms with Crippen LogP contribution < -0.4 is 4.90 Å². The zero-order valence-corrected chi connectivity index (χ0v) is 20.6. The molecule has 33 heavy (non-hydrogen) atoms. The van der Waals surface area contributed by atoms with Gasteiger partial charge in [-0.15, -0.1) is 0 Å². The van der Waals surface area contributed by atoms with Crippen LogP contribution in [0.5, 0.6) is 0 Å². The van der Waals surface area contributed by atoms with Gasteiger partial charge in [-0.1, -0.05) is 62.1 Å². The summed E-state index contributed by atoms with van der Waals surface area (Å²) >= 11 is 0. The summed E-state index contributed by atoms with van der Waals surface area (Å²) in [6.07, 6.45) is 13.6. The highest BCUT2D eigenvalue weighted by atomic mass is 32.2. The number of unbranched alkanes of at least 4 members (excludes halogenated alkanes) is 6. The molecule has 182 valence electrons. The number of sulfone groups is 1. The van der Waals surface area contributed by atoms with E-state index in [1.807, 2.05) is 24.3 Å². The molecule has 0 saturated carbocycles. The molecule has 0 unspecified atom stereocenters. The summed E-state index contributed by atoms with van der Waals surface area (Å²) in [6, 6.07) is 15.4. The van der Waals surface area contributed by atoms with Crippen LogP contribution in [0.2, 0.25) is 0 Å². The lowest BCUT2D eigenvalue weighted by atomic mass is 10.1. The molecule has 0 aliphatic carbocycles. The fourth-order valence-corrected chi connectivity index (χ4v) is 4.35. The Morgan fingerprint density at radius 1 is 0.667 bits per heavy atom. The highest BCUT2D eigenvalue weighted by molar-refractivity contribution is 7.90. The first-order valence-electron chi connectivity index (χ1n) is 12.0. The fraction of sp³-hybridized carbons (Fsp3) is 0.481. The van der Waals surface area contributed by atoms with Crippen molar-refractivity contribution in [2.75, 3.05) is 37.5 Å². The first kappa shape index (κ1) is 27.1. The Morgan fingerprint density at radius 2 is 1.09 bits per heavy atom. The Morgan fingerprint density at radius 3 is 1.52 bits per heavy atom. The molecule has 2 aromatic rings. The Hall–Kier alpha value is -2.15. The summed E-state index contributed by atoms with van der Waals surface area (Å²) in [5.41, 5.74) is 3.27. The van der Waals surface area contributed by atoms with Gasteiger partial charge in [-0.3, -0.25) is 0 Å². The lowest BCUT2D eigenvalue weighted by Gasteiger charge is -2.25. The molecule has 0 atom stereocenters. The van der Waals surface area contributed by atoms with E-state index in [2.05, 4.69) is 29.2 Å². The number of hydrogen-bond donors (Lipinski definition) is 2. The predicted molar refractivity (Wildman–Crippen MR) is 138 cm³/mol. The van der Waals surface area contributed by atoms with E-state index in [9.17, 15) is 8.42 Å². The highest BCUT2D eigenvalue weighted by Gasteiger charge is 2.07. The molecule has 0 spiro atoms. The van der Waals surface area contributed by atoms with Gasteiger partial charge in [0.2, 0.25) is 0 Å². The van der Waals surface area contributed by atoms with Crippen LogP contribution >= 0.6 is 0 Å². The first-order valence-corrected chi connectivity index (χ1v) is 13.9. The van der Waals surface area contributed by atoms with Gasteiger partial charge in [-0.25, -0.2) is 8.42 Å². The second-order valence-electron chi connectivity index (χ2n) is 8.53. The molecule has 0 radical (unpaired) electrons. The predicted octanol–water partition coefficient (Wildman–Crippen LogP) is 5.17. The third-order valence-electron chi connectivity index (χ3n) is 5.71. The number of nitrogens with zero attached hydrogens (tertiary/aromatic N) is 1. The molecule has 6 heteroatoms. The van der Waals surface area contributed by atoms with Gasteiger partial charge in [0.05, 0.1) is 4.90 Å². The summed E-state index contributed by atoms with van der Waals surface area (Å²) in [5, 5.41) is 17.9. The SMILES string of the molecule is CS(=O)(=O)c1ccc(C=Cc2ccc(N(CCCCCCO)CCCCCCO)cc2)cc1. The summed E-state index contributed by atoms with van der Waals surface area (Å²) in [7, 11) is -3.17. The normalized spacial score (nSPS) is 11.8. The number of aliphatic hydroxyl groups is 2. The van der Waals surface area contributed by atoms with Crippen molar-refractivity contribution in [1.82, 2.24) is 0 Å². The number of rotatable bonds is 16. The van der Waals surface area contributed by atoms with E-state index in [-0.39, 0.29) is 13.2 Å². The van der Waals surface area contributed by atoms with Crippen LogP contribution in [-0.4, -0.2) is 51.2 Å². The van der Waals surface area contributed by atoms with E-state index in [1.165, 1.54) is 11.9 Å². The van der Waals surface area contributed by atoms with Crippen LogP contribution in [0.4, 0.5) is 5.69 Å². The van der Waals surface area contributed by atoms with Crippen LogP contribution in [0.3, 0.4) is 0 Å². The van der Waals surface area contributed by atoms with Crippen LogP contribution in [-0.2, 0) is 9.84 Å². The smallest absolute Gasteiger partial charge is 0.175 e. The maximum absolute atomic E-state index is 11.6. The maximum atomic E-state index is 11.6. The average Bonchev–Trinajstić information content (AvgIpc) is 2.81. The zero-order valence-electron chi connectivity index (χ0n) is 19.8. The zero-order chi connectivity index (χ0) is 23.9. The molecule has 0 aliphatic rings. The Balaban J connectivity index is 1.97. The average molecular weight is 474 g/mol. The Kier molecular flexibility index (Phi) is 12.2. The Bertz CT molecular complexity index is 908. The highest BCUT2D eigenvalue weighted by Crippen LogP contribution is 2.20. The monoisotopic (exact) mass is 473 g/mol. The van der Waals surface area contributed by atoms with E-state index in [4.69, 9.17) is 10.2 Å². The minimum Gasteiger partial charge on any atom is -0.396 e. The summed E-state index contributed by atoms with van der Waals surface area (Å²) in [6.45, 7) is 2.55. The molecule has 2 N–H and O–H groups in total. The second-order valence-corrected chi connectivity index (χ2v) is 10.5. The van der Waals surface area contributed by atoms with Gasteiger partial charge in [-0.2, -0.15) is 0 Å². The molecule has 0 bridgehead atoms. The molecule has 0 aliphatic heterocycles. The van der Waals surface area contributed by atoms with Gasteiger partial charge in [-0.05, 0) is 61.1 Å². The van der Waals surface area contributed by atoms with Crippen molar-refractivity contribution in [1.29, 1.82) is 0 Å². The van der Waals surface area contributed by atoms with Crippen LogP contribution in [0.25, 0.3) is 12.2 Å². The third kappa shape index (κ3) is 10.5. The van der Waals surface area contributed by atoms with Crippen molar-refractivity contribution in [3.05, 3.63) is 59.7 Å². The molecule has 0 fully saturated rings. The standard InChI is InChI=1S/C27H39NO4S/c1-33(31,32)27-18-14-25(15-19-27)11-10-24-12-16-26(17-13-24)28(20-6-2-4-8-22-29)21-7-3-5-9-23-30/h10-19,29-30H,2-9,20-23H2,1H3. The number of aliphatic hydroxyl groups excluding tert-OH is 2. The Labute approximate surface area is 199 Å². The van der Waals surface area contributed by atoms with Crippen molar-refractivity contribution < 1.29 is 18.6 Å². The molecule has 0 heterocycles. The van der Waals surface area contributed by atoms with Gasteiger partial charge >= 0.3 is 0 Å². The molecular formula is C27H39NO4S. The van der Waals surface area contributed by atoms with Crippen LogP contribution in [0.1, 0.15) is 62.5 Å². The van der Waals surface area contributed by atoms with Crippen molar-refractivity contribution in [3.8, 4) is 0 Å². The summed E-state index contributed by atoms with van der Waals surface area (Å²) in [4.78, 5) is 2.77. The van der Waals surface area contributed by atoms with Gasteiger partial charge in [0.25, 0.3) is 0 Å². The van der Waals surface area contributed by atoms with Crippen molar-refractivity contribution in [2.24, 2.45) is 0 Å². The second kappa shape index (κ2) is 14.9. The number of benzene rings is 2. The minimum atomic E-state index is -3.17. The van der Waals surface area contributed by atoms with Crippen molar-refractivity contribution in [2.45, 2.75) is 56.3 Å². The maximum Gasteiger partial charge on any atom is 0.175 e. The molecule has 0 amide bonds. The first-order chi connectivity index (χ1) is 15.9. The topological polar surface area (TPSA) is 77.8 Å². The molecule has 2 rings (SSSR count). The van der Waals surface area contributed by atoms with Gasteiger partial charge < -0.3 is 15.1 Å². The fourth-order valence-electron chi connectivity index (χ4n) is 3.72. The molecule has 0 saturated heterocycles. The third-order valence-corrected chi connectivity index (χ3v) is 6.84. The molecular weight excluding hydrogens is 434 g/mol. The molecule has 2 aromatic carbocycles. The number of anilines is 1. The number of hydrogen-bond acceptors (Lipinski definition) is 5. The van der Waals surface area contributed by atoms with Crippen molar-refractivity contribution in [3.63, 3.8) is 0 Å². The molecule has 0 aromatic heterocycles. The van der Waals surface area contributed by atoms with Gasteiger partial charge in [0.15, 0.2) is 9.84 Å². The van der Waals surface area contributed by atoms with E-state index in [0.717, 1.165) is 75.6 Å². The van der Waals surface area contributed by atoms with Crippen molar-refractivity contribution >= 4 is 27.7 Å². The van der Waals surface area contributed by atoms with E-state index >= 15 is 0 Å².